The Balaban J connectivity index is 1.96. The topological polar surface area (TPSA) is 37.8 Å². The Morgan fingerprint density at radius 1 is 1.20 bits per heavy atom. The summed E-state index contributed by atoms with van der Waals surface area (Å²) < 4.78 is 0. The summed E-state index contributed by atoms with van der Waals surface area (Å²) in [7, 11) is 0. The van der Waals surface area contributed by atoms with E-state index in [9.17, 15) is 0 Å². The van der Waals surface area contributed by atoms with Crippen LogP contribution in [-0.4, -0.2) is 16.5 Å². The Labute approximate surface area is 120 Å². The van der Waals surface area contributed by atoms with Crippen molar-refractivity contribution in [2.45, 2.75) is 32.6 Å². The highest BCUT2D eigenvalue weighted by Crippen LogP contribution is 2.45. The van der Waals surface area contributed by atoms with Gasteiger partial charge >= 0.3 is 0 Å². The molecule has 0 spiro atoms. The van der Waals surface area contributed by atoms with E-state index in [-0.39, 0.29) is 0 Å². The van der Waals surface area contributed by atoms with Crippen molar-refractivity contribution in [2.75, 3.05) is 11.9 Å². The van der Waals surface area contributed by atoms with Gasteiger partial charge in [0, 0.05) is 24.1 Å². The number of aromatic nitrogens is 2. The fraction of sp³-hybridized carbons (Fsp3) is 0.412. The zero-order chi connectivity index (χ0) is 13.9. The average molecular weight is 267 g/mol. The lowest BCUT2D eigenvalue weighted by Gasteiger charge is -2.09. The van der Waals surface area contributed by atoms with Crippen molar-refractivity contribution >= 4 is 5.82 Å². The van der Waals surface area contributed by atoms with Crippen molar-refractivity contribution in [1.29, 1.82) is 0 Å². The smallest absolute Gasteiger partial charge is 0.134 e. The quantitative estimate of drug-likeness (QED) is 0.886. The van der Waals surface area contributed by atoms with Gasteiger partial charge in [-0.3, -0.25) is 0 Å². The Morgan fingerprint density at radius 3 is 2.60 bits per heavy atom. The van der Waals surface area contributed by atoms with E-state index in [2.05, 4.69) is 54.5 Å². The van der Waals surface area contributed by atoms with E-state index in [0.29, 0.717) is 5.92 Å². The number of hydrogen-bond donors (Lipinski definition) is 1. The molecule has 1 N–H and O–H groups in total. The van der Waals surface area contributed by atoms with E-state index in [0.717, 1.165) is 41.8 Å². The minimum Gasteiger partial charge on any atom is -0.370 e. The van der Waals surface area contributed by atoms with Crippen molar-refractivity contribution in [3.63, 3.8) is 0 Å². The van der Waals surface area contributed by atoms with E-state index in [1.54, 1.807) is 0 Å². The molecule has 1 saturated carbocycles. The first kappa shape index (κ1) is 13.1. The summed E-state index contributed by atoms with van der Waals surface area (Å²) in [6.07, 6.45) is 2.31. The van der Waals surface area contributed by atoms with Gasteiger partial charge in [-0.05, 0) is 18.8 Å². The predicted molar refractivity (Wildman–Crippen MR) is 82.8 cm³/mol. The molecule has 0 amide bonds. The maximum absolute atomic E-state index is 4.77. The van der Waals surface area contributed by atoms with Crippen molar-refractivity contribution in [2.24, 2.45) is 5.92 Å². The number of nitrogens with one attached hydrogen (secondary N) is 1. The average Bonchev–Trinajstić information content (AvgIpc) is 3.23. The molecule has 1 heterocycles. The Morgan fingerprint density at radius 2 is 1.95 bits per heavy atom. The molecule has 1 aromatic heterocycles. The van der Waals surface area contributed by atoms with Gasteiger partial charge in [-0.15, -0.1) is 0 Å². The minimum absolute atomic E-state index is 0.542. The molecule has 1 aliphatic carbocycles. The molecule has 1 fully saturated rings. The van der Waals surface area contributed by atoms with Crippen LogP contribution < -0.4 is 5.32 Å². The molecule has 0 aliphatic heterocycles. The maximum Gasteiger partial charge on any atom is 0.134 e. The second-order valence-electron chi connectivity index (χ2n) is 5.61. The van der Waals surface area contributed by atoms with Crippen molar-refractivity contribution in [3.8, 4) is 11.3 Å². The van der Waals surface area contributed by atoms with Crippen LogP contribution in [0.3, 0.4) is 0 Å². The summed E-state index contributed by atoms with van der Waals surface area (Å²) in [5, 5.41) is 3.39. The molecule has 2 atom stereocenters. The van der Waals surface area contributed by atoms with Crippen molar-refractivity contribution < 1.29 is 0 Å². The molecule has 3 nitrogen and oxygen atoms in total. The van der Waals surface area contributed by atoms with E-state index < -0.39 is 0 Å². The van der Waals surface area contributed by atoms with E-state index >= 15 is 0 Å². The lowest BCUT2D eigenvalue weighted by atomic mass is 10.1. The molecule has 3 heteroatoms. The first-order chi connectivity index (χ1) is 9.78. The van der Waals surface area contributed by atoms with Crippen molar-refractivity contribution in [1.82, 2.24) is 9.97 Å². The van der Waals surface area contributed by atoms with Crippen LogP contribution in [0, 0.1) is 5.92 Å². The SMILES string of the molecule is CCCNc1cc(-c2ccccc2)nc(C2CC2C)n1. The van der Waals surface area contributed by atoms with E-state index in [1.165, 1.54) is 6.42 Å². The molecular formula is C17H21N3. The Kier molecular flexibility index (Phi) is 3.68. The molecule has 0 saturated heterocycles. The van der Waals surface area contributed by atoms with Crippen LogP contribution in [0.5, 0.6) is 0 Å². The number of hydrogen-bond acceptors (Lipinski definition) is 3. The van der Waals surface area contributed by atoms with Gasteiger partial charge in [0.1, 0.15) is 11.6 Å². The molecule has 0 radical (unpaired) electrons. The standard InChI is InChI=1S/C17H21N3/c1-3-9-18-16-11-15(13-7-5-4-6-8-13)19-17(20-16)14-10-12(14)2/h4-8,11-12,14H,3,9-10H2,1-2H3,(H,18,19,20). The van der Waals surface area contributed by atoms with Crippen LogP contribution in [0.4, 0.5) is 5.82 Å². The Hall–Kier alpha value is -1.90. The molecule has 2 aromatic rings. The summed E-state index contributed by atoms with van der Waals surface area (Å²) in [6, 6.07) is 12.4. The van der Waals surface area contributed by atoms with Gasteiger partial charge in [-0.25, -0.2) is 9.97 Å². The molecule has 104 valence electrons. The highest BCUT2D eigenvalue weighted by atomic mass is 15.0. The number of rotatable bonds is 5. The second kappa shape index (κ2) is 5.61. The van der Waals surface area contributed by atoms with Crippen LogP contribution in [0.1, 0.15) is 38.4 Å². The second-order valence-corrected chi connectivity index (χ2v) is 5.61. The highest BCUT2D eigenvalue weighted by molar-refractivity contribution is 5.62. The molecule has 2 unspecified atom stereocenters. The maximum atomic E-state index is 4.77. The summed E-state index contributed by atoms with van der Waals surface area (Å²) in [6.45, 7) is 5.38. The third-order valence-corrected chi connectivity index (χ3v) is 3.81. The third-order valence-electron chi connectivity index (χ3n) is 3.81. The first-order valence-corrected chi connectivity index (χ1v) is 7.46. The van der Waals surface area contributed by atoms with Crippen LogP contribution >= 0.6 is 0 Å². The zero-order valence-electron chi connectivity index (χ0n) is 12.1. The zero-order valence-corrected chi connectivity index (χ0v) is 12.1. The molecule has 20 heavy (non-hydrogen) atoms. The number of benzene rings is 1. The summed E-state index contributed by atoms with van der Waals surface area (Å²) in [5.74, 6) is 3.22. The predicted octanol–water partition coefficient (Wildman–Crippen LogP) is 4.09. The summed E-state index contributed by atoms with van der Waals surface area (Å²) in [4.78, 5) is 9.46. The number of anilines is 1. The highest BCUT2D eigenvalue weighted by Gasteiger charge is 2.37. The molecule has 0 bridgehead atoms. The van der Waals surface area contributed by atoms with Crippen LogP contribution in [-0.2, 0) is 0 Å². The molecular weight excluding hydrogens is 246 g/mol. The van der Waals surface area contributed by atoms with Gasteiger partial charge in [0.05, 0.1) is 5.69 Å². The minimum atomic E-state index is 0.542. The summed E-state index contributed by atoms with van der Waals surface area (Å²) in [5.41, 5.74) is 2.18. The molecule has 1 aliphatic rings. The van der Waals surface area contributed by atoms with E-state index in [1.807, 2.05) is 6.07 Å². The van der Waals surface area contributed by atoms with Crippen LogP contribution in [0.2, 0.25) is 0 Å². The summed E-state index contributed by atoms with van der Waals surface area (Å²) >= 11 is 0. The largest absolute Gasteiger partial charge is 0.370 e. The third kappa shape index (κ3) is 2.82. The van der Waals surface area contributed by atoms with Crippen LogP contribution in [0.25, 0.3) is 11.3 Å². The number of nitrogens with zero attached hydrogens (tertiary/aromatic N) is 2. The van der Waals surface area contributed by atoms with Gasteiger partial charge in [-0.2, -0.15) is 0 Å². The van der Waals surface area contributed by atoms with Gasteiger partial charge in [0.2, 0.25) is 0 Å². The van der Waals surface area contributed by atoms with Crippen molar-refractivity contribution in [3.05, 3.63) is 42.2 Å². The molecule has 1 aromatic carbocycles. The van der Waals surface area contributed by atoms with Gasteiger partial charge in [0.15, 0.2) is 0 Å². The molecule has 3 rings (SSSR count). The Bertz CT molecular complexity index is 580. The van der Waals surface area contributed by atoms with Gasteiger partial charge < -0.3 is 5.32 Å². The van der Waals surface area contributed by atoms with Gasteiger partial charge in [-0.1, -0.05) is 44.2 Å². The fourth-order valence-corrected chi connectivity index (χ4v) is 2.41. The van der Waals surface area contributed by atoms with Gasteiger partial charge in [0.25, 0.3) is 0 Å². The van der Waals surface area contributed by atoms with Crippen LogP contribution in [0.15, 0.2) is 36.4 Å². The lowest BCUT2D eigenvalue weighted by Crippen LogP contribution is -2.06. The monoisotopic (exact) mass is 267 g/mol. The van der Waals surface area contributed by atoms with E-state index in [4.69, 9.17) is 4.98 Å². The fourth-order valence-electron chi connectivity index (χ4n) is 2.41. The first-order valence-electron chi connectivity index (χ1n) is 7.46. The lowest BCUT2D eigenvalue weighted by molar-refractivity contribution is 0.841. The normalized spacial score (nSPS) is 20.7.